The van der Waals surface area contributed by atoms with Crippen LogP contribution in [0, 0.1) is 0 Å². The van der Waals surface area contributed by atoms with E-state index in [-0.39, 0.29) is 0 Å². The molecule has 1 saturated heterocycles. The zero-order valence-electron chi connectivity index (χ0n) is 9.47. The molecule has 1 aliphatic carbocycles. The van der Waals surface area contributed by atoms with Gasteiger partial charge >= 0.3 is 5.97 Å². The number of hydrogen-bond donors (Lipinski definition) is 1. The molecule has 2 aliphatic rings. The largest absolute Gasteiger partial charge is 0.478 e. The van der Waals surface area contributed by atoms with E-state index in [1.54, 1.807) is 6.08 Å². The van der Waals surface area contributed by atoms with Crippen LogP contribution in [0.3, 0.4) is 0 Å². The molecule has 1 saturated carbocycles. The fraction of sp³-hybridized carbons (Fsp3) is 0.750. The number of nitrogens with zero attached hydrogens (tertiary/aromatic N) is 1. The first-order valence-corrected chi connectivity index (χ1v) is 6.02. The Hall–Kier alpha value is -0.870. The summed E-state index contributed by atoms with van der Waals surface area (Å²) >= 11 is 0. The van der Waals surface area contributed by atoms with Crippen molar-refractivity contribution in [2.75, 3.05) is 19.7 Å². The molecule has 1 aliphatic heterocycles. The molecular formula is C12H19NO3. The van der Waals surface area contributed by atoms with Crippen LogP contribution in [0.1, 0.15) is 25.7 Å². The highest BCUT2D eigenvalue weighted by Crippen LogP contribution is 2.28. The van der Waals surface area contributed by atoms with Crippen LogP contribution in [0.2, 0.25) is 0 Å². The van der Waals surface area contributed by atoms with Gasteiger partial charge in [-0.1, -0.05) is 18.9 Å². The maximum absolute atomic E-state index is 10.4. The molecule has 0 bridgehead atoms. The Bertz CT molecular complexity index is 275. The summed E-state index contributed by atoms with van der Waals surface area (Å²) in [7, 11) is 0. The van der Waals surface area contributed by atoms with Crippen LogP contribution in [-0.2, 0) is 9.53 Å². The van der Waals surface area contributed by atoms with Crippen molar-refractivity contribution >= 4 is 5.97 Å². The molecule has 0 radical (unpaired) electrons. The highest BCUT2D eigenvalue weighted by Gasteiger charge is 2.33. The van der Waals surface area contributed by atoms with Gasteiger partial charge < -0.3 is 9.84 Å². The SMILES string of the molecule is O=C(O)C=CCN1CCOC2CCCCC21. The first kappa shape index (κ1) is 11.6. The van der Waals surface area contributed by atoms with Crippen LogP contribution in [0.25, 0.3) is 0 Å². The molecule has 1 heterocycles. The maximum Gasteiger partial charge on any atom is 0.328 e. The monoisotopic (exact) mass is 225 g/mol. The van der Waals surface area contributed by atoms with Gasteiger partial charge in [0, 0.05) is 25.2 Å². The van der Waals surface area contributed by atoms with Crippen molar-refractivity contribution in [3.8, 4) is 0 Å². The molecular weight excluding hydrogens is 206 g/mol. The Balaban J connectivity index is 1.89. The van der Waals surface area contributed by atoms with Gasteiger partial charge in [0.05, 0.1) is 12.7 Å². The molecule has 2 unspecified atom stereocenters. The number of aliphatic carboxylic acids is 1. The van der Waals surface area contributed by atoms with Crippen LogP contribution in [0.4, 0.5) is 0 Å². The summed E-state index contributed by atoms with van der Waals surface area (Å²) in [6.07, 6.45) is 8.21. The van der Waals surface area contributed by atoms with E-state index < -0.39 is 5.97 Å². The van der Waals surface area contributed by atoms with Crippen LogP contribution >= 0.6 is 0 Å². The lowest BCUT2D eigenvalue weighted by molar-refractivity contribution is -0.131. The number of rotatable bonds is 3. The molecule has 2 rings (SSSR count). The lowest BCUT2D eigenvalue weighted by Gasteiger charge is -2.43. The average molecular weight is 225 g/mol. The molecule has 90 valence electrons. The summed E-state index contributed by atoms with van der Waals surface area (Å²) in [6.45, 7) is 2.43. The van der Waals surface area contributed by atoms with Gasteiger partial charge in [-0.2, -0.15) is 0 Å². The number of carboxylic acids is 1. The van der Waals surface area contributed by atoms with E-state index >= 15 is 0 Å². The molecule has 0 aromatic heterocycles. The third-order valence-corrected chi connectivity index (χ3v) is 3.45. The van der Waals surface area contributed by atoms with Crippen molar-refractivity contribution in [3.05, 3.63) is 12.2 Å². The highest BCUT2D eigenvalue weighted by atomic mass is 16.5. The van der Waals surface area contributed by atoms with E-state index in [1.165, 1.54) is 25.3 Å². The highest BCUT2D eigenvalue weighted by molar-refractivity contribution is 5.79. The van der Waals surface area contributed by atoms with Gasteiger partial charge in [0.25, 0.3) is 0 Å². The molecule has 4 heteroatoms. The van der Waals surface area contributed by atoms with Crippen molar-refractivity contribution in [2.24, 2.45) is 0 Å². The van der Waals surface area contributed by atoms with Gasteiger partial charge in [-0.3, -0.25) is 4.90 Å². The van der Waals surface area contributed by atoms with Crippen LogP contribution in [-0.4, -0.2) is 47.8 Å². The van der Waals surface area contributed by atoms with Crippen molar-refractivity contribution in [1.82, 2.24) is 4.90 Å². The van der Waals surface area contributed by atoms with E-state index in [4.69, 9.17) is 9.84 Å². The first-order valence-electron chi connectivity index (χ1n) is 6.02. The summed E-state index contributed by atoms with van der Waals surface area (Å²) in [4.78, 5) is 12.7. The fourth-order valence-electron chi connectivity index (χ4n) is 2.69. The van der Waals surface area contributed by atoms with Gasteiger partial charge in [-0.05, 0) is 12.8 Å². The molecule has 0 spiro atoms. The van der Waals surface area contributed by atoms with Crippen LogP contribution in [0.15, 0.2) is 12.2 Å². The normalized spacial score (nSPS) is 31.5. The summed E-state index contributed by atoms with van der Waals surface area (Å²) in [5.74, 6) is -0.867. The first-order chi connectivity index (χ1) is 7.77. The zero-order chi connectivity index (χ0) is 11.4. The zero-order valence-corrected chi connectivity index (χ0v) is 9.47. The Kier molecular flexibility index (Phi) is 3.96. The smallest absolute Gasteiger partial charge is 0.328 e. The Morgan fingerprint density at radius 3 is 3.06 bits per heavy atom. The average Bonchev–Trinajstić information content (AvgIpc) is 2.29. The third kappa shape index (κ3) is 2.83. The summed E-state index contributed by atoms with van der Waals surface area (Å²) < 4.78 is 5.76. The van der Waals surface area contributed by atoms with Gasteiger partial charge in [0.2, 0.25) is 0 Å². The van der Waals surface area contributed by atoms with E-state index in [0.717, 1.165) is 26.1 Å². The molecule has 0 aromatic carbocycles. The van der Waals surface area contributed by atoms with Crippen molar-refractivity contribution in [2.45, 2.75) is 37.8 Å². The lowest BCUT2D eigenvalue weighted by Crippen LogP contribution is -2.52. The van der Waals surface area contributed by atoms with Gasteiger partial charge in [-0.25, -0.2) is 4.79 Å². The molecule has 2 fully saturated rings. The second kappa shape index (κ2) is 5.46. The predicted octanol–water partition coefficient (Wildman–Crippen LogP) is 1.27. The third-order valence-electron chi connectivity index (χ3n) is 3.45. The number of carbonyl (C=O) groups is 1. The Morgan fingerprint density at radius 1 is 1.44 bits per heavy atom. The quantitative estimate of drug-likeness (QED) is 0.735. The Morgan fingerprint density at radius 2 is 2.25 bits per heavy atom. The molecule has 0 amide bonds. The molecule has 16 heavy (non-hydrogen) atoms. The van der Waals surface area contributed by atoms with E-state index in [9.17, 15) is 4.79 Å². The van der Waals surface area contributed by atoms with E-state index in [1.807, 2.05) is 0 Å². The van der Waals surface area contributed by atoms with Crippen LogP contribution in [0.5, 0.6) is 0 Å². The predicted molar refractivity (Wildman–Crippen MR) is 60.3 cm³/mol. The van der Waals surface area contributed by atoms with Crippen molar-refractivity contribution in [3.63, 3.8) is 0 Å². The minimum Gasteiger partial charge on any atom is -0.478 e. The fourth-order valence-corrected chi connectivity index (χ4v) is 2.69. The minimum absolute atomic E-state index is 0.376. The van der Waals surface area contributed by atoms with Gasteiger partial charge in [0.15, 0.2) is 0 Å². The van der Waals surface area contributed by atoms with Gasteiger partial charge in [0.1, 0.15) is 0 Å². The van der Waals surface area contributed by atoms with Crippen LogP contribution < -0.4 is 0 Å². The number of ether oxygens (including phenoxy) is 1. The lowest BCUT2D eigenvalue weighted by atomic mass is 9.90. The topological polar surface area (TPSA) is 49.8 Å². The Labute approximate surface area is 95.9 Å². The van der Waals surface area contributed by atoms with E-state index in [2.05, 4.69) is 4.90 Å². The summed E-state index contributed by atoms with van der Waals surface area (Å²) in [5, 5.41) is 8.55. The number of fused-ring (bicyclic) bond motifs is 1. The standard InChI is InChI=1S/C12H19NO3/c14-12(15)6-3-7-13-8-9-16-11-5-2-1-4-10(11)13/h3,6,10-11H,1-2,4-5,7-9H2,(H,14,15). The van der Waals surface area contributed by atoms with Gasteiger partial charge in [-0.15, -0.1) is 0 Å². The second-order valence-electron chi connectivity index (χ2n) is 4.50. The molecule has 1 N–H and O–H groups in total. The van der Waals surface area contributed by atoms with Crippen molar-refractivity contribution < 1.29 is 14.6 Å². The van der Waals surface area contributed by atoms with Crippen molar-refractivity contribution in [1.29, 1.82) is 0 Å². The molecule has 0 aromatic rings. The molecule has 4 nitrogen and oxygen atoms in total. The number of carboxylic acid groups (broad SMARTS) is 1. The number of hydrogen-bond acceptors (Lipinski definition) is 3. The molecule has 2 atom stereocenters. The number of morpholine rings is 1. The summed E-state index contributed by atoms with van der Waals surface area (Å²) in [5.41, 5.74) is 0. The summed E-state index contributed by atoms with van der Waals surface area (Å²) in [6, 6.07) is 0.501. The minimum atomic E-state index is -0.867. The van der Waals surface area contributed by atoms with E-state index in [0.29, 0.717) is 12.1 Å². The second-order valence-corrected chi connectivity index (χ2v) is 4.50. The maximum atomic E-state index is 10.4.